The Bertz CT molecular complexity index is 762. The van der Waals surface area contributed by atoms with Gasteiger partial charge < -0.3 is 16.0 Å². The van der Waals surface area contributed by atoms with E-state index in [2.05, 4.69) is 22.9 Å². The molecule has 0 aliphatic heterocycles. The first-order valence-corrected chi connectivity index (χ1v) is 10.6. The second-order valence-corrected chi connectivity index (χ2v) is 7.33. The number of unbranched alkanes of at least 4 members (excludes halogenated alkanes) is 4. The molecule has 2 rings (SSSR count). The predicted octanol–water partition coefficient (Wildman–Crippen LogP) is 4.68. The average Bonchev–Trinajstić information content (AvgIpc) is 2.74. The van der Waals surface area contributed by atoms with Crippen molar-refractivity contribution in [2.24, 2.45) is 0 Å². The molecule has 0 aliphatic rings. The molecule has 0 saturated heterocycles. The molecule has 0 heterocycles. The van der Waals surface area contributed by atoms with Crippen LogP contribution in [0, 0.1) is 0 Å². The summed E-state index contributed by atoms with van der Waals surface area (Å²) in [7, 11) is 0. The van der Waals surface area contributed by atoms with Crippen LogP contribution >= 0.6 is 0 Å². The van der Waals surface area contributed by atoms with E-state index in [0.29, 0.717) is 11.3 Å². The van der Waals surface area contributed by atoms with E-state index in [4.69, 9.17) is 0 Å². The molecule has 2 aromatic rings. The first kappa shape index (κ1) is 22.6. The fraction of sp³-hybridized carbons (Fsp3) is 0.417. The molecule has 0 bridgehead atoms. The lowest BCUT2D eigenvalue weighted by atomic mass is 10.1. The third-order valence-corrected chi connectivity index (χ3v) is 4.80. The van der Waals surface area contributed by atoms with Crippen LogP contribution in [-0.4, -0.2) is 24.9 Å². The van der Waals surface area contributed by atoms with Crippen LogP contribution in [0.5, 0.6) is 0 Å². The van der Waals surface area contributed by atoms with E-state index in [0.717, 1.165) is 18.5 Å². The van der Waals surface area contributed by atoms with Gasteiger partial charge >= 0.3 is 0 Å². The normalized spacial score (nSPS) is 11.7. The van der Waals surface area contributed by atoms with Gasteiger partial charge in [0.15, 0.2) is 0 Å². The van der Waals surface area contributed by atoms with Crippen molar-refractivity contribution in [3.63, 3.8) is 0 Å². The fourth-order valence-corrected chi connectivity index (χ4v) is 3.10. The van der Waals surface area contributed by atoms with Gasteiger partial charge in [0.25, 0.3) is 5.91 Å². The smallest absolute Gasteiger partial charge is 0.251 e. The van der Waals surface area contributed by atoms with Crippen LogP contribution < -0.4 is 16.0 Å². The molecular weight excluding hydrogens is 362 g/mol. The summed E-state index contributed by atoms with van der Waals surface area (Å²) in [4.78, 5) is 24.7. The van der Waals surface area contributed by atoms with Gasteiger partial charge in [-0.05, 0) is 43.7 Å². The molecule has 5 nitrogen and oxygen atoms in total. The van der Waals surface area contributed by atoms with Gasteiger partial charge in [0, 0.05) is 11.3 Å². The zero-order valence-corrected chi connectivity index (χ0v) is 17.5. The summed E-state index contributed by atoms with van der Waals surface area (Å²) in [6.45, 7) is 5.27. The summed E-state index contributed by atoms with van der Waals surface area (Å²) in [5.41, 5.74) is 2.19. The molecular formula is C24H33N3O2. The maximum atomic E-state index is 12.5. The molecule has 0 spiro atoms. The molecule has 1 atom stereocenters. The van der Waals surface area contributed by atoms with E-state index in [1.807, 2.05) is 37.3 Å². The molecule has 1 unspecified atom stereocenters. The number of hydrogen-bond donors (Lipinski definition) is 3. The van der Waals surface area contributed by atoms with Gasteiger partial charge in [-0.2, -0.15) is 0 Å². The Balaban J connectivity index is 1.78. The van der Waals surface area contributed by atoms with Crippen molar-refractivity contribution in [2.45, 2.75) is 52.0 Å². The van der Waals surface area contributed by atoms with Crippen molar-refractivity contribution in [3.8, 4) is 0 Å². The highest BCUT2D eigenvalue weighted by molar-refractivity contribution is 5.97. The van der Waals surface area contributed by atoms with E-state index in [9.17, 15) is 9.59 Å². The van der Waals surface area contributed by atoms with E-state index in [-0.39, 0.29) is 24.4 Å². The second-order valence-electron chi connectivity index (χ2n) is 7.33. The molecule has 3 N–H and O–H groups in total. The molecule has 5 heteroatoms. The van der Waals surface area contributed by atoms with E-state index in [1.165, 1.54) is 25.7 Å². The van der Waals surface area contributed by atoms with Gasteiger partial charge in [0.1, 0.15) is 0 Å². The number of rotatable bonds is 12. The van der Waals surface area contributed by atoms with Crippen molar-refractivity contribution >= 4 is 17.5 Å². The third-order valence-electron chi connectivity index (χ3n) is 4.80. The number of anilines is 1. The second kappa shape index (κ2) is 12.7. The number of carbonyl (C=O) groups is 2. The molecule has 2 aromatic carbocycles. The lowest BCUT2D eigenvalue weighted by molar-refractivity contribution is -0.115. The first-order valence-electron chi connectivity index (χ1n) is 10.6. The highest BCUT2D eigenvalue weighted by Gasteiger charge is 2.12. The quantitative estimate of drug-likeness (QED) is 0.457. The van der Waals surface area contributed by atoms with Crippen molar-refractivity contribution in [1.82, 2.24) is 10.6 Å². The summed E-state index contributed by atoms with van der Waals surface area (Å²) in [6, 6.07) is 16.7. The van der Waals surface area contributed by atoms with Crippen LogP contribution in [0.3, 0.4) is 0 Å². The van der Waals surface area contributed by atoms with Crippen molar-refractivity contribution in [1.29, 1.82) is 0 Å². The molecule has 0 radical (unpaired) electrons. The summed E-state index contributed by atoms with van der Waals surface area (Å²) in [6.07, 6.45) is 6.04. The molecule has 2 amide bonds. The molecule has 156 valence electrons. The Morgan fingerprint density at radius 2 is 1.69 bits per heavy atom. The highest BCUT2D eigenvalue weighted by atomic mass is 16.2. The lowest BCUT2D eigenvalue weighted by Crippen LogP contribution is -2.29. The van der Waals surface area contributed by atoms with Gasteiger partial charge in [0.2, 0.25) is 5.91 Å². The van der Waals surface area contributed by atoms with Crippen LogP contribution in [0.2, 0.25) is 0 Å². The number of benzene rings is 2. The Morgan fingerprint density at radius 1 is 0.931 bits per heavy atom. The van der Waals surface area contributed by atoms with Gasteiger partial charge in [-0.15, -0.1) is 0 Å². The van der Waals surface area contributed by atoms with Gasteiger partial charge in [-0.3, -0.25) is 9.59 Å². The minimum atomic E-state index is -0.164. The summed E-state index contributed by atoms with van der Waals surface area (Å²) in [5.74, 6) is -0.267. The summed E-state index contributed by atoms with van der Waals surface area (Å²) in [5, 5.41) is 9.02. The van der Waals surface area contributed by atoms with E-state index >= 15 is 0 Å². The molecule has 0 saturated carbocycles. The summed E-state index contributed by atoms with van der Waals surface area (Å²) >= 11 is 0. The number of amides is 2. The number of nitrogens with one attached hydrogen (secondary N) is 3. The van der Waals surface area contributed by atoms with Crippen molar-refractivity contribution in [2.75, 3.05) is 18.4 Å². The van der Waals surface area contributed by atoms with Gasteiger partial charge in [-0.1, -0.05) is 69.0 Å². The molecule has 0 fully saturated rings. The zero-order chi connectivity index (χ0) is 20.9. The maximum Gasteiger partial charge on any atom is 0.251 e. The Kier molecular flexibility index (Phi) is 9.93. The van der Waals surface area contributed by atoms with Crippen LogP contribution in [0.15, 0.2) is 54.6 Å². The van der Waals surface area contributed by atoms with Gasteiger partial charge in [-0.25, -0.2) is 0 Å². The number of hydrogen-bond acceptors (Lipinski definition) is 3. The van der Waals surface area contributed by atoms with Crippen LogP contribution in [0.1, 0.15) is 67.9 Å². The van der Waals surface area contributed by atoms with Crippen LogP contribution in [0.4, 0.5) is 5.69 Å². The zero-order valence-electron chi connectivity index (χ0n) is 17.5. The minimum Gasteiger partial charge on any atom is -0.346 e. The Hall–Kier alpha value is -2.66. The van der Waals surface area contributed by atoms with Gasteiger partial charge in [0.05, 0.1) is 12.6 Å². The summed E-state index contributed by atoms with van der Waals surface area (Å²) < 4.78 is 0. The van der Waals surface area contributed by atoms with E-state index < -0.39 is 0 Å². The third kappa shape index (κ3) is 8.48. The lowest BCUT2D eigenvalue weighted by Gasteiger charge is -2.15. The molecule has 0 aliphatic carbocycles. The Morgan fingerprint density at radius 3 is 2.45 bits per heavy atom. The average molecular weight is 396 g/mol. The Labute approximate surface area is 174 Å². The molecule has 29 heavy (non-hydrogen) atoms. The largest absolute Gasteiger partial charge is 0.346 e. The monoisotopic (exact) mass is 395 g/mol. The maximum absolute atomic E-state index is 12.5. The van der Waals surface area contributed by atoms with E-state index in [1.54, 1.807) is 24.3 Å². The van der Waals surface area contributed by atoms with Crippen LogP contribution in [-0.2, 0) is 4.79 Å². The topological polar surface area (TPSA) is 70.2 Å². The van der Waals surface area contributed by atoms with Crippen molar-refractivity contribution in [3.05, 3.63) is 65.7 Å². The highest BCUT2D eigenvalue weighted by Crippen LogP contribution is 2.15. The molecule has 0 aromatic heterocycles. The number of carbonyl (C=O) groups excluding carboxylic acids is 2. The first-order chi connectivity index (χ1) is 14.1. The standard InChI is InChI=1S/C24H33N3O2/c1-3-4-5-6-10-16-25-18-23(28)27-22-15-11-14-21(17-22)24(29)26-19(2)20-12-8-7-9-13-20/h7-9,11-15,17,19,25H,3-6,10,16,18H2,1-2H3,(H,26,29)(H,27,28). The SMILES string of the molecule is CCCCCCCNCC(=O)Nc1cccc(C(=O)NC(C)c2ccccc2)c1. The van der Waals surface area contributed by atoms with Crippen molar-refractivity contribution < 1.29 is 9.59 Å². The predicted molar refractivity (Wildman–Crippen MR) is 119 cm³/mol. The minimum absolute atomic E-state index is 0.0940. The fourth-order valence-electron chi connectivity index (χ4n) is 3.10. The van der Waals surface area contributed by atoms with Crippen LogP contribution in [0.25, 0.3) is 0 Å².